The number of unbranched alkanes of at least 4 members (excludes halogenated alkanes) is 1. The summed E-state index contributed by atoms with van der Waals surface area (Å²) in [5.41, 5.74) is 0.604. The first-order chi connectivity index (χ1) is 8.69. The summed E-state index contributed by atoms with van der Waals surface area (Å²) in [6.45, 7) is 2.44. The molecule has 4 nitrogen and oxygen atoms in total. The Hall–Kier alpha value is -1.55. The highest BCUT2D eigenvalue weighted by Gasteiger charge is 2.17. The number of methoxy groups -OCH3 is 1. The van der Waals surface area contributed by atoms with Gasteiger partial charge in [-0.3, -0.25) is 4.79 Å². The second kappa shape index (κ2) is 7.71. The summed E-state index contributed by atoms with van der Waals surface area (Å²) in [6, 6.07) is 7.10. The van der Waals surface area contributed by atoms with Gasteiger partial charge in [0.25, 0.3) is 0 Å². The highest BCUT2D eigenvalue weighted by molar-refractivity contribution is 5.70. The Bertz CT molecular complexity index is 376. The third-order valence-electron chi connectivity index (χ3n) is 2.62. The first kappa shape index (κ1) is 14.5. The van der Waals surface area contributed by atoms with Crippen LogP contribution >= 0.6 is 0 Å². The summed E-state index contributed by atoms with van der Waals surface area (Å²) in [5.74, 6) is 0.188. The molecule has 1 N–H and O–H groups in total. The number of carbonyl (C=O) groups excluding carboxylic acids is 1. The molecule has 1 atom stereocenters. The van der Waals surface area contributed by atoms with Crippen LogP contribution in [-0.2, 0) is 9.53 Å². The third kappa shape index (κ3) is 4.37. The normalized spacial score (nSPS) is 11.9. The summed E-state index contributed by atoms with van der Waals surface area (Å²) >= 11 is 0. The molecule has 0 amide bonds. The zero-order chi connectivity index (χ0) is 13.4. The van der Waals surface area contributed by atoms with Crippen LogP contribution in [-0.4, -0.2) is 24.8 Å². The molecule has 0 radical (unpaired) electrons. The van der Waals surface area contributed by atoms with Crippen LogP contribution in [0.3, 0.4) is 0 Å². The van der Waals surface area contributed by atoms with E-state index in [1.165, 1.54) is 7.11 Å². The molecule has 1 rings (SSSR count). The van der Waals surface area contributed by atoms with Crippen LogP contribution in [0.15, 0.2) is 24.3 Å². The average molecular weight is 252 g/mol. The molecule has 0 heterocycles. The maximum Gasteiger partial charge on any atom is 0.308 e. The van der Waals surface area contributed by atoms with E-state index in [0.717, 1.165) is 12.8 Å². The van der Waals surface area contributed by atoms with Crippen molar-refractivity contribution in [2.75, 3.05) is 13.7 Å². The predicted octanol–water partition coefficient (Wildman–Crippen LogP) is 2.46. The molecule has 4 heteroatoms. The van der Waals surface area contributed by atoms with Gasteiger partial charge < -0.3 is 14.6 Å². The lowest BCUT2D eigenvalue weighted by Gasteiger charge is -2.14. The standard InChI is InChI=1S/C14H20O4/c1-3-4-9-18-14(16)10-12(15)11-7-5-6-8-13(11)17-2/h5-8,12,15H,3-4,9-10H2,1-2H3. The van der Waals surface area contributed by atoms with Gasteiger partial charge in [0, 0.05) is 5.56 Å². The molecule has 0 spiro atoms. The van der Waals surface area contributed by atoms with Crippen molar-refractivity contribution in [1.29, 1.82) is 0 Å². The monoisotopic (exact) mass is 252 g/mol. The Labute approximate surface area is 108 Å². The summed E-state index contributed by atoms with van der Waals surface area (Å²) in [4.78, 5) is 11.5. The van der Waals surface area contributed by atoms with Gasteiger partial charge in [-0.05, 0) is 12.5 Å². The number of aliphatic hydroxyl groups excluding tert-OH is 1. The first-order valence-corrected chi connectivity index (χ1v) is 6.15. The van der Waals surface area contributed by atoms with Crippen LogP contribution in [0.2, 0.25) is 0 Å². The number of rotatable bonds is 7. The summed E-state index contributed by atoms with van der Waals surface area (Å²) < 4.78 is 10.1. The molecule has 0 saturated heterocycles. The minimum atomic E-state index is -0.893. The van der Waals surface area contributed by atoms with Crippen LogP contribution in [0.4, 0.5) is 0 Å². The maximum absolute atomic E-state index is 11.5. The number of hydrogen-bond donors (Lipinski definition) is 1. The molecular formula is C14H20O4. The molecule has 1 aromatic carbocycles. The molecule has 0 aliphatic rings. The molecule has 0 aliphatic heterocycles. The molecule has 18 heavy (non-hydrogen) atoms. The van der Waals surface area contributed by atoms with E-state index in [2.05, 4.69) is 0 Å². The smallest absolute Gasteiger partial charge is 0.308 e. The second-order valence-electron chi connectivity index (χ2n) is 4.04. The Kier molecular flexibility index (Phi) is 6.22. The average Bonchev–Trinajstić information content (AvgIpc) is 2.39. The van der Waals surface area contributed by atoms with E-state index in [0.29, 0.717) is 17.9 Å². The zero-order valence-electron chi connectivity index (χ0n) is 10.9. The van der Waals surface area contributed by atoms with E-state index in [1.807, 2.05) is 13.0 Å². The van der Waals surface area contributed by atoms with Crippen LogP contribution in [0, 0.1) is 0 Å². The van der Waals surface area contributed by atoms with Crippen molar-refractivity contribution < 1.29 is 19.4 Å². The number of para-hydroxylation sites is 1. The van der Waals surface area contributed by atoms with Gasteiger partial charge >= 0.3 is 5.97 Å². The number of benzene rings is 1. The Morgan fingerprint density at radius 3 is 2.78 bits per heavy atom. The van der Waals surface area contributed by atoms with Crippen molar-refractivity contribution in [2.24, 2.45) is 0 Å². The van der Waals surface area contributed by atoms with Crippen LogP contribution in [0.1, 0.15) is 37.9 Å². The molecule has 100 valence electrons. The van der Waals surface area contributed by atoms with Crippen molar-refractivity contribution in [1.82, 2.24) is 0 Å². The number of carbonyl (C=O) groups is 1. The van der Waals surface area contributed by atoms with E-state index >= 15 is 0 Å². The van der Waals surface area contributed by atoms with E-state index in [1.54, 1.807) is 18.2 Å². The largest absolute Gasteiger partial charge is 0.496 e. The third-order valence-corrected chi connectivity index (χ3v) is 2.62. The van der Waals surface area contributed by atoms with Crippen molar-refractivity contribution in [3.05, 3.63) is 29.8 Å². The topological polar surface area (TPSA) is 55.8 Å². The van der Waals surface area contributed by atoms with Gasteiger partial charge in [0.1, 0.15) is 5.75 Å². The van der Waals surface area contributed by atoms with E-state index in [-0.39, 0.29) is 12.4 Å². The van der Waals surface area contributed by atoms with Crippen molar-refractivity contribution >= 4 is 5.97 Å². The fourth-order valence-electron chi connectivity index (χ4n) is 1.60. The quantitative estimate of drug-likeness (QED) is 0.598. The number of hydrogen-bond acceptors (Lipinski definition) is 4. The van der Waals surface area contributed by atoms with Crippen molar-refractivity contribution in [3.63, 3.8) is 0 Å². The van der Waals surface area contributed by atoms with Gasteiger partial charge in [0.05, 0.1) is 26.2 Å². The van der Waals surface area contributed by atoms with Crippen molar-refractivity contribution in [3.8, 4) is 5.75 Å². The minimum absolute atomic E-state index is 0.0515. The van der Waals surface area contributed by atoms with Gasteiger partial charge in [-0.15, -0.1) is 0 Å². The van der Waals surface area contributed by atoms with E-state index in [4.69, 9.17) is 9.47 Å². The highest BCUT2D eigenvalue weighted by atomic mass is 16.5. The molecule has 0 saturated carbocycles. The molecule has 1 unspecified atom stereocenters. The lowest BCUT2D eigenvalue weighted by molar-refractivity contribution is -0.146. The lowest BCUT2D eigenvalue weighted by Crippen LogP contribution is -2.11. The van der Waals surface area contributed by atoms with Gasteiger partial charge in [-0.25, -0.2) is 0 Å². The highest BCUT2D eigenvalue weighted by Crippen LogP contribution is 2.26. The molecule has 0 fully saturated rings. The predicted molar refractivity (Wildman–Crippen MR) is 68.4 cm³/mol. The Morgan fingerprint density at radius 2 is 2.11 bits per heavy atom. The molecular weight excluding hydrogens is 232 g/mol. The summed E-state index contributed by atoms with van der Waals surface area (Å²) in [5, 5.41) is 9.98. The van der Waals surface area contributed by atoms with Crippen molar-refractivity contribution in [2.45, 2.75) is 32.3 Å². The molecule has 0 bridgehead atoms. The lowest BCUT2D eigenvalue weighted by atomic mass is 10.1. The van der Waals surface area contributed by atoms with Gasteiger partial charge in [0.15, 0.2) is 0 Å². The number of ether oxygens (including phenoxy) is 2. The summed E-state index contributed by atoms with van der Waals surface area (Å²) in [6.07, 6.45) is 0.874. The fourth-order valence-corrected chi connectivity index (χ4v) is 1.60. The number of esters is 1. The first-order valence-electron chi connectivity index (χ1n) is 6.15. The molecule has 0 aliphatic carbocycles. The summed E-state index contributed by atoms with van der Waals surface area (Å²) in [7, 11) is 1.53. The number of aliphatic hydroxyl groups is 1. The maximum atomic E-state index is 11.5. The van der Waals surface area contributed by atoms with Gasteiger partial charge in [0.2, 0.25) is 0 Å². The Morgan fingerprint density at radius 1 is 1.39 bits per heavy atom. The fraction of sp³-hybridized carbons (Fsp3) is 0.500. The van der Waals surface area contributed by atoms with Crippen LogP contribution in [0.25, 0.3) is 0 Å². The zero-order valence-corrected chi connectivity index (χ0v) is 10.9. The second-order valence-corrected chi connectivity index (χ2v) is 4.04. The van der Waals surface area contributed by atoms with Gasteiger partial charge in [-0.2, -0.15) is 0 Å². The molecule has 0 aromatic heterocycles. The Balaban J connectivity index is 2.53. The van der Waals surface area contributed by atoms with E-state index in [9.17, 15) is 9.90 Å². The van der Waals surface area contributed by atoms with Gasteiger partial charge in [-0.1, -0.05) is 31.5 Å². The SMILES string of the molecule is CCCCOC(=O)CC(O)c1ccccc1OC. The van der Waals surface area contributed by atoms with Crippen LogP contribution < -0.4 is 4.74 Å². The minimum Gasteiger partial charge on any atom is -0.496 e. The molecule has 1 aromatic rings. The van der Waals surface area contributed by atoms with E-state index < -0.39 is 6.10 Å². The van der Waals surface area contributed by atoms with Crippen LogP contribution in [0.5, 0.6) is 5.75 Å².